The lowest BCUT2D eigenvalue weighted by atomic mass is 9.98. The van der Waals surface area contributed by atoms with Gasteiger partial charge < -0.3 is 15.5 Å². The monoisotopic (exact) mass is 310 g/mol. The summed E-state index contributed by atoms with van der Waals surface area (Å²) in [6.45, 7) is 10.5. The fraction of sp³-hybridized carbons (Fsp3) is 0.941. The largest absolute Gasteiger partial charge is 0.340 e. The molecule has 1 amide bonds. The molecule has 5 heteroatoms. The van der Waals surface area contributed by atoms with Crippen LogP contribution in [0.4, 0.5) is 0 Å². The van der Waals surface area contributed by atoms with Gasteiger partial charge in [-0.1, -0.05) is 26.7 Å². The molecule has 0 saturated carbocycles. The number of nitrogens with two attached hydrogens (primary N) is 1. The lowest BCUT2D eigenvalue weighted by Crippen LogP contribution is -2.54. The first kappa shape index (κ1) is 17.7. The standard InChI is InChI=1S/C17H34N4O/c1-4-14(2)16(18)17(22)21-8-6-5-7-15(13-21)20-11-9-19(3)10-12-20/h14-16H,4-13,18H2,1-3H3/t14-,15+,16+/m0/s1. The van der Waals surface area contributed by atoms with Crippen molar-refractivity contribution in [1.82, 2.24) is 14.7 Å². The highest BCUT2D eigenvalue weighted by Gasteiger charge is 2.31. The minimum Gasteiger partial charge on any atom is -0.340 e. The number of piperazine rings is 1. The Hall–Kier alpha value is -0.650. The zero-order valence-corrected chi connectivity index (χ0v) is 14.6. The molecule has 0 unspecified atom stereocenters. The summed E-state index contributed by atoms with van der Waals surface area (Å²) < 4.78 is 0. The number of carbonyl (C=O) groups is 1. The first-order chi connectivity index (χ1) is 10.5. The molecule has 0 aromatic carbocycles. The van der Waals surface area contributed by atoms with Gasteiger partial charge in [-0.15, -0.1) is 0 Å². The van der Waals surface area contributed by atoms with Crippen molar-refractivity contribution in [1.29, 1.82) is 0 Å². The number of hydrogen-bond donors (Lipinski definition) is 1. The molecule has 2 fully saturated rings. The number of amides is 1. The Kier molecular flexibility index (Phi) is 6.66. The summed E-state index contributed by atoms with van der Waals surface area (Å²) in [5.41, 5.74) is 6.18. The van der Waals surface area contributed by atoms with E-state index in [9.17, 15) is 4.79 Å². The van der Waals surface area contributed by atoms with Gasteiger partial charge in [0.15, 0.2) is 0 Å². The van der Waals surface area contributed by atoms with Gasteiger partial charge in [0.2, 0.25) is 5.91 Å². The van der Waals surface area contributed by atoms with Crippen molar-refractivity contribution in [2.24, 2.45) is 11.7 Å². The molecule has 22 heavy (non-hydrogen) atoms. The van der Waals surface area contributed by atoms with E-state index in [1.165, 1.54) is 12.8 Å². The highest BCUT2D eigenvalue weighted by Crippen LogP contribution is 2.19. The number of rotatable bonds is 4. The van der Waals surface area contributed by atoms with Crippen molar-refractivity contribution < 1.29 is 4.79 Å². The normalized spacial score (nSPS) is 28.2. The Labute approximate surface area is 135 Å². The maximum atomic E-state index is 12.7. The predicted molar refractivity (Wildman–Crippen MR) is 90.7 cm³/mol. The number of likely N-dealkylation sites (tertiary alicyclic amines) is 1. The van der Waals surface area contributed by atoms with Crippen LogP contribution in [0, 0.1) is 5.92 Å². The molecule has 128 valence electrons. The molecule has 5 nitrogen and oxygen atoms in total. The zero-order chi connectivity index (χ0) is 16.1. The minimum absolute atomic E-state index is 0.162. The summed E-state index contributed by atoms with van der Waals surface area (Å²) in [6, 6.07) is 0.181. The fourth-order valence-corrected chi connectivity index (χ4v) is 3.51. The number of hydrogen-bond acceptors (Lipinski definition) is 4. The third-order valence-electron chi connectivity index (χ3n) is 5.55. The molecule has 2 saturated heterocycles. The van der Waals surface area contributed by atoms with Crippen LogP contribution in [0.25, 0.3) is 0 Å². The molecule has 2 N–H and O–H groups in total. The molecule has 0 aromatic rings. The molecule has 0 spiro atoms. The Morgan fingerprint density at radius 1 is 1.18 bits per heavy atom. The van der Waals surface area contributed by atoms with Crippen LogP contribution in [-0.4, -0.2) is 79.0 Å². The van der Waals surface area contributed by atoms with Crippen LogP contribution in [-0.2, 0) is 4.79 Å². The van der Waals surface area contributed by atoms with Crippen molar-refractivity contribution in [2.75, 3.05) is 46.3 Å². The quantitative estimate of drug-likeness (QED) is 0.841. The van der Waals surface area contributed by atoms with Crippen LogP contribution in [0.2, 0.25) is 0 Å². The number of carbonyl (C=O) groups excluding carboxylic acids is 1. The van der Waals surface area contributed by atoms with E-state index in [1.54, 1.807) is 0 Å². The molecule has 3 atom stereocenters. The van der Waals surface area contributed by atoms with Gasteiger partial charge in [0.05, 0.1) is 6.04 Å². The van der Waals surface area contributed by atoms with Crippen molar-refractivity contribution in [3.8, 4) is 0 Å². The van der Waals surface area contributed by atoms with E-state index in [0.29, 0.717) is 6.04 Å². The molecule has 0 radical (unpaired) electrons. The minimum atomic E-state index is -0.337. The van der Waals surface area contributed by atoms with Gasteiger partial charge in [-0.25, -0.2) is 0 Å². The van der Waals surface area contributed by atoms with E-state index in [4.69, 9.17) is 5.73 Å². The van der Waals surface area contributed by atoms with Crippen LogP contribution in [0.15, 0.2) is 0 Å². The van der Waals surface area contributed by atoms with Crippen LogP contribution >= 0.6 is 0 Å². The molecule has 2 heterocycles. The lowest BCUT2D eigenvalue weighted by Gasteiger charge is -2.39. The second-order valence-electron chi connectivity index (χ2n) is 7.18. The average molecular weight is 310 g/mol. The maximum Gasteiger partial charge on any atom is 0.239 e. The number of nitrogens with zero attached hydrogens (tertiary/aromatic N) is 3. The summed E-state index contributed by atoms with van der Waals surface area (Å²) in [5, 5.41) is 0. The smallest absolute Gasteiger partial charge is 0.239 e. The van der Waals surface area contributed by atoms with Gasteiger partial charge in [-0.2, -0.15) is 0 Å². The van der Waals surface area contributed by atoms with E-state index in [0.717, 1.165) is 52.1 Å². The van der Waals surface area contributed by atoms with Crippen molar-refractivity contribution in [2.45, 2.75) is 51.6 Å². The van der Waals surface area contributed by atoms with Crippen LogP contribution < -0.4 is 5.73 Å². The Bertz CT molecular complexity index is 355. The molecule has 2 aliphatic heterocycles. The fourth-order valence-electron chi connectivity index (χ4n) is 3.51. The topological polar surface area (TPSA) is 52.8 Å². The Morgan fingerprint density at radius 2 is 1.86 bits per heavy atom. The predicted octanol–water partition coefficient (Wildman–Crippen LogP) is 0.988. The molecule has 0 bridgehead atoms. The molecular weight excluding hydrogens is 276 g/mol. The molecular formula is C17H34N4O. The molecule has 0 aliphatic carbocycles. The molecule has 0 aromatic heterocycles. The van der Waals surface area contributed by atoms with Gasteiger partial charge in [0.25, 0.3) is 0 Å². The highest BCUT2D eigenvalue weighted by atomic mass is 16.2. The van der Waals surface area contributed by atoms with Crippen molar-refractivity contribution >= 4 is 5.91 Å². The summed E-state index contributed by atoms with van der Waals surface area (Å²) in [5.74, 6) is 0.424. The van der Waals surface area contributed by atoms with Gasteiger partial charge in [0, 0.05) is 45.3 Å². The maximum absolute atomic E-state index is 12.7. The number of likely N-dealkylation sites (N-methyl/N-ethyl adjacent to an activating group) is 1. The summed E-state index contributed by atoms with van der Waals surface area (Å²) >= 11 is 0. The van der Waals surface area contributed by atoms with Crippen molar-refractivity contribution in [3.05, 3.63) is 0 Å². The third kappa shape index (κ3) is 4.43. The first-order valence-electron chi connectivity index (χ1n) is 9.00. The summed E-state index contributed by atoms with van der Waals surface area (Å²) in [7, 11) is 2.19. The van der Waals surface area contributed by atoms with Crippen LogP contribution in [0.3, 0.4) is 0 Å². The van der Waals surface area contributed by atoms with E-state index in [2.05, 4.69) is 30.7 Å². The first-order valence-corrected chi connectivity index (χ1v) is 9.00. The second kappa shape index (κ2) is 8.27. The van der Waals surface area contributed by atoms with E-state index >= 15 is 0 Å². The van der Waals surface area contributed by atoms with Crippen LogP contribution in [0.1, 0.15) is 39.5 Å². The second-order valence-corrected chi connectivity index (χ2v) is 7.18. The van der Waals surface area contributed by atoms with E-state index in [-0.39, 0.29) is 17.9 Å². The zero-order valence-electron chi connectivity index (χ0n) is 14.6. The van der Waals surface area contributed by atoms with Crippen molar-refractivity contribution in [3.63, 3.8) is 0 Å². The van der Waals surface area contributed by atoms with Crippen LogP contribution in [0.5, 0.6) is 0 Å². The van der Waals surface area contributed by atoms with Gasteiger partial charge >= 0.3 is 0 Å². The SMILES string of the molecule is CC[C@H](C)[C@@H](N)C(=O)N1CCCC[C@@H](N2CCN(C)CC2)C1. The molecule has 2 aliphatic rings. The molecule has 2 rings (SSSR count). The van der Waals surface area contributed by atoms with E-state index < -0.39 is 0 Å². The Balaban J connectivity index is 1.96. The van der Waals surface area contributed by atoms with Gasteiger partial charge in [-0.3, -0.25) is 9.69 Å². The van der Waals surface area contributed by atoms with Gasteiger partial charge in [0.1, 0.15) is 0 Å². The Morgan fingerprint density at radius 3 is 2.50 bits per heavy atom. The lowest BCUT2D eigenvalue weighted by molar-refractivity contribution is -0.134. The summed E-state index contributed by atoms with van der Waals surface area (Å²) in [4.78, 5) is 19.7. The third-order valence-corrected chi connectivity index (χ3v) is 5.55. The van der Waals surface area contributed by atoms with Gasteiger partial charge in [-0.05, 0) is 25.8 Å². The highest BCUT2D eigenvalue weighted by molar-refractivity contribution is 5.82. The summed E-state index contributed by atoms with van der Waals surface area (Å²) in [6.07, 6.45) is 4.51. The van der Waals surface area contributed by atoms with E-state index in [1.807, 2.05) is 4.90 Å². The average Bonchev–Trinajstić information content (AvgIpc) is 2.79.